The Morgan fingerprint density at radius 2 is 1.67 bits per heavy atom. The number of amides is 2. The molecule has 0 aromatic heterocycles. The van der Waals surface area contributed by atoms with E-state index in [1.807, 2.05) is 45.0 Å². The number of carbonyl (C=O) groups is 2. The first kappa shape index (κ1) is 30.7. The number of hydrogen-bond acceptors (Lipinski definition) is 4. The first-order valence-corrected chi connectivity index (χ1v) is 15.2. The molecule has 0 bridgehead atoms. The van der Waals surface area contributed by atoms with Crippen LogP contribution in [0.4, 0.5) is 5.69 Å². The van der Waals surface area contributed by atoms with E-state index >= 15 is 0 Å². The Labute approximate surface area is 244 Å². The lowest BCUT2D eigenvalue weighted by atomic mass is 10.1. The smallest absolute Gasteiger partial charge is 0.264 e. The number of carbonyl (C=O) groups excluding carboxylic acids is 2. The second kappa shape index (κ2) is 13.5. The number of anilines is 1. The van der Waals surface area contributed by atoms with Crippen LogP contribution >= 0.6 is 27.5 Å². The maximum Gasteiger partial charge on any atom is 0.264 e. The first-order valence-electron chi connectivity index (χ1n) is 12.6. The summed E-state index contributed by atoms with van der Waals surface area (Å²) in [6, 6.07) is 19.3. The molecule has 2 unspecified atom stereocenters. The number of aryl methyl sites for hydroxylation is 1. The number of para-hydroxylation sites is 1. The highest BCUT2D eigenvalue weighted by Gasteiger charge is 2.33. The van der Waals surface area contributed by atoms with E-state index in [1.165, 1.54) is 17.0 Å². The van der Waals surface area contributed by atoms with Gasteiger partial charge in [-0.15, -0.1) is 0 Å². The number of halogens is 2. The van der Waals surface area contributed by atoms with E-state index in [2.05, 4.69) is 21.2 Å². The van der Waals surface area contributed by atoms with Gasteiger partial charge in [-0.2, -0.15) is 0 Å². The maximum absolute atomic E-state index is 13.9. The molecule has 0 saturated heterocycles. The zero-order valence-corrected chi connectivity index (χ0v) is 25.6. The Bertz CT molecular complexity index is 1420. The van der Waals surface area contributed by atoms with Crippen LogP contribution in [0, 0.1) is 6.92 Å². The zero-order chi connectivity index (χ0) is 28.7. The Hall–Kier alpha value is -2.88. The summed E-state index contributed by atoms with van der Waals surface area (Å²) in [5.41, 5.74) is 1.86. The third-order valence-electron chi connectivity index (χ3n) is 6.42. The van der Waals surface area contributed by atoms with Gasteiger partial charge in [0.05, 0.1) is 15.6 Å². The molecule has 0 fully saturated rings. The van der Waals surface area contributed by atoms with Gasteiger partial charge in [-0.25, -0.2) is 8.42 Å². The summed E-state index contributed by atoms with van der Waals surface area (Å²) in [6.07, 6.45) is 0.729. The number of hydrogen-bond donors (Lipinski definition) is 1. The van der Waals surface area contributed by atoms with Crippen LogP contribution in [0.2, 0.25) is 5.02 Å². The number of benzene rings is 3. The van der Waals surface area contributed by atoms with Crippen molar-refractivity contribution in [2.24, 2.45) is 0 Å². The molecule has 3 aromatic rings. The fraction of sp³-hybridized carbons (Fsp3) is 0.310. The SMILES string of the molecule is CCC(C)NC(=O)C(C)N(Cc1cccc(Br)c1)C(=O)CN(c1ccccc1Cl)S(=O)(=O)c1ccc(C)cc1. The van der Waals surface area contributed by atoms with Crippen molar-refractivity contribution in [1.29, 1.82) is 0 Å². The largest absolute Gasteiger partial charge is 0.352 e. The lowest BCUT2D eigenvalue weighted by Crippen LogP contribution is -2.52. The third kappa shape index (κ3) is 7.84. The predicted octanol–water partition coefficient (Wildman–Crippen LogP) is 5.94. The average molecular weight is 635 g/mol. The summed E-state index contributed by atoms with van der Waals surface area (Å²) >= 11 is 9.88. The summed E-state index contributed by atoms with van der Waals surface area (Å²) in [5, 5.41) is 3.10. The van der Waals surface area contributed by atoms with E-state index in [0.717, 1.165) is 26.3 Å². The second-order valence-electron chi connectivity index (χ2n) is 9.42. The van der Waals surface area contributed by atoms with Crippen molar-refractivity contribution >= 4 is 55.1 Å². The van der Waals surface area contributed by atoms with Crippen LogP contribution in [0.15, 0.2) is 82.2 Å². The number of rotatable bonds is 11. The molecule has 2 atom stereocenters. The van der Waals surface area contributed by atoms with Gasteiger partial charge in [-0.3, -0.25) is 13.9 Å². The van der Waals surface area contributed by atoms with Gasteiger partial charge in [0.1, 0.15) is 12.6 Å². The summed E-state index contributed by atoms with van der Waals surface area (Å²) in [5.74, 6) is -0.865. The van der Waals surface area contributed by atoms with Crippen LogP contribution in [-0.4, -0.2) is 43.8 Å². The van der Waals surface area contributed by atoms with Gasteiger partial charge >= 0.3 is 0 Å². The number of sulfonamides is 1. The lowest BCUT2D eigenvalue weighted by Gasteiger charge is -2.32. The van der Waals surface area contributed by atoms with Gasteiger partial charge in [0.25, 0.3) is 10.0 Å². The van der Waals surface area contributed by atoms with Gasteiger partial charge in [-0.05, 0) is 69.2 Å². The molecule has 2 amide bonds. The molecule has 208 valence electrons. The van der Waals surface area contributed by atoms with Crippen LogP contribution in [0.5, 0.6) is 0 Å². The van der Waals surface area contributed by atoms with Crippen LogP contribution in [0.1, 0.15) is 38.3 Å². The third-order valence-corrected chi connectivity index (χ3v) is 9.01. The number of nitrogens with one attached hydrogen (secondary N) is 1. The Kier molecular flexibility index (Phi) is 10.6. The predicted molar refractivity (Wildman–Crippen MR) is 159 cm³/mol. The van der Waals surface area contributed by atoms with Crippen LogP contribution < -0.4 is 9.62 Å². The van der Waals surface area contributed by atoms with Gasteiger partial charge in [-0.1, -0.05) is 76.4 Å². The van der Waals surface area contributed by atoms with E-state index in [4.69, 9.17) is 11.6 Å². The Morgan fingerprint density at radius 3 is 2.28 bits per heavy atom. The lowest BCUT2D eigenvalue weighted by molar-refractivity contribution is -0.139. The molecule has 0 heterocycles. The quantitative estimate of drug-likeness (QED) is 0.283. The second-order valence-corrected chi connectivity index (χ2v) is 12.6. The minimum atomic E-state index is -4.18. The molecule has 39 heavy (non-hydrogen) atoms. The molecule has 0 spiro atoms. The molecule has 3 aromatic carbocycles. The van der Waals surface area contributed by atoms with E-state index < -0.39 is 28.5 Å². The molecule has 0 saturated carbocycles. The topological polar surface area (TPSA) is 86.8 Å². The van der Waals surface area contributed by atoms with E-state index in [9.17, 15) is 18.0 Å². The molecule has 3 rings (SSSR count). The fourth-order valence-electron chi connectivity index (χ4n) is 3.88. The Balaban J connectivity index is 2.04. The zero-order valence-electron chi connectivity index (χ0n) is 22.4. The summed E-state index contributed by atoms with van der Waals surface area (Å²) < 4.78 is 29.5. The highest BCUT2D eigenvalue weighted by atomic mass is 79.9. The van der Waals surface area contributed by atoms with Crippen molar-refractivity contribution in [3.63, 3.8) is 0 Å². The monoisotopic (exact) mass is 633 g/mol. The molecule has 1 N–H and O–H groups in total. The molecule has 10 heteroatoms. The van der Waals surface area contributed by atoms with Gasteiger partial charge in [0.2, 0.25) is 11.8 Å². The summed E-state index contributed by atoms with van der Waals surface area (Å²) in [6.45, 7) is 6.90. The van der Waals surface area contributed by atoms with Crippen LogP contribution in [-0.2, 0) is 26.2 Å². The molecule has 7 nitrogen and oxygen atoms in total. The van der Waals surface area contributed by atoms with Crippen LogP contribution in [0.3, 0.4) is 0 Å². The average Bonchev–Trinajstić information content (AvgIpc) is 2.90. The molecular weight excluding hydrogens is 602 g/mol. The Morgan fingerprint density at radius 1 is 1.00 bits per heavy atom. The molecular formula is C29H33BrClN3O4S. The molecule has 0 aliphatic rings. The van der Waals surface area contributed by atoms with E-state index in [1.54, 1.807) is 43.3 Å². The van der Waals surface area contributed by atoms with Crippen molar-refractivity contribution in [1.82, 2.24) is 10.2 Å². The molecule has 0 aliphatic heterocycles. The first-order chi connectivity index (χ1) is 18.4. The minimum absolute atomic E-state index is 0.0296. The normalized spacial score (nSPS) is 12.9. The molecule has 0 radical (unpaired) electrons. The van der Waals surface area contributed by atoms with Gasteiger partial charge in [0, 0.05) is 17.1 Å². The highest BCUT2D eigenvalue weighted by molar-refractivity contribution is 9.10. The highest BCUT2D eigenvalue weighted by Crippen LogP contribution is 2.31. The van der Waals surface area contributed by atoms with Crippen LogP contribution in [0.25, 0.3) is 0 Å². The van der Waals surface area contributed by atoms with Crippen molar-refractivity contribution in [3.05, 3.63) is 93.4 Å². The van der Waals surface area contributed by atoms with Gasteiger partial charge < -0.3 is 10.2 Å². The van der Waals surface area contributed by atoms with Gasteiger partial charge in [0.15, 0.2) is 0 Å². The van der Waals surface area contributed by atoms with Crippen molar-refractivity contribution in [2.75, 3.05) is 10.8 Å². The summed E-state index contributed by atoms with van der Waals surface area (Å²) in [4.78, 5) is 28.5. The van der Waals surface area contributed by atoms with E-state index in [0.29, 0.717) is 0 Å². The maximum atomic E-state index is 13.9. The van der Waals surface area contributed by atoms with Crippen molar-refractivity contribution < 1.29 is 18.0 Å². The number of nitrogens with zero attached hydrogens (tertiary/aromatic N) is 2. The van der Waals surface area contributed by atoms with Crippen molar-refractivity contribution in [2.45, 2.75) is 57.6 Å². The summed E-state index contributed by atoms with van der Waals surface area (Å²) in [7, 11) is -4.18. The van der Waals surface area contributed by atoms with Crippen molar-refractivity contribution in [3.8, 4) is 0 Å². The fourth-order valence-corrected chi connectivity index (χ4v) is 6.05. The minimum Gasteiger partial charge on any atom is -0.352 e. The van der Waals surface area contributed by atoms with E-state index in [-0.39, 0.29) is 34.1 Å². The standard InChI is InChI=1S/C29H33BrClN3O4S/c1-5-21(3)32-29(36)22(4)33(18-23-9-8-10-24(30)17-23)28(35)19-34(27-12-7-6-11-26(27)31)39(37,38)25-15-13-20(2)14-16-25/h6-17,21-22H,5,18-19H2,1-4H3,(H,32,36). The molecule has 0 aliphatic carbocycles.